The van der Waals surface area contributed by atoms with Crippen molar-refractivity contribution in [1.29, 1.82) is 0 Å². The second kappa shape index (κ2) is 6.29. The zero-order valence-corrected chi connectivity index (χ0v) is 10.8. The summed E-state index contributed by atoms with van der Waals surface area (Å²) in [6.45, 7) is 1.47. The third-order valence-electron chi connectivity index (χ3n) is 2.87. The van der Waals surface area contributed by atoms with E-state index in [2.05, 4.69) is 4.74 Å². The highest BCUT2D eigenvalue weighted by atomic mass is 19.1. The van der Waals surface area contributed by atoms with E-state index in [1.807, 2.05) is 0 Å². The molecule has 6 heteroatoms. The summed E-state index contributed by atoms with van der Waals surface area (Å²) in [5.41, 5.74) is 6.45. The molecule has 104 valence electrons. The van der Waals surface area contributed by atoms with Gasteiger partial charge in [0.2, 0.25) is 0 Å². The van der Waals surface area contributed by atoms with Gasteiger partial charge in [0.15, 0.2) is 0 Å². The van der Waals surface area contributed by atoms with Crippen molar-refractivity contribution in [3.05, 3.63) is 34.6 Å². The van der Waals surface area contributed by atoms with Gasteiger partial charge in [-0.05, 0) is 36.6 Å². The van der Waals surface area contributed by atoms with Crippen LogP contribution in [0.25, 0.3) is 0 Å². The van der Waals surface area contributed by atoms with E-state index in [9.17, 15) is 14.0 Å². The molecular formula is C13H16FNO4. The summed E-state index contributed by atoms with van der Waals surface area (Å²) in [6.07, 6.45) is 0.0443. The Hall–Kier alpha value is -1.95. The largest absolute Gasteiger partial charge is 0.481 e. The lowest BCUT2D eigenvalue weighted by atomic mass is 9.97. The quantitative estimate of drug-likeness (QED) is 0.795. The molecule has 0 amide bonds. The monoisotopic (exact) mass is 269 g/mol. The molecule has 3 N–H and O–H groups in total. The standard InChI is InChI=1S/C13H16FNO4/c1-7-9(13(18)19-2)5-8(6-10(7)14)11(15)3-4-12(16)17/h5-6,11H,3-4,15H2,1-2H3,(H,16,17). The molecule has 1 rings (SSSR count). The number of nitrogens with two attached hydrogens (primary N) is 1. The van der Waals surface area contributed by atoms with E-state index < -0.39 is 23.8 Å². The first kappa shape index (κ1) is 15.1. The van der Waals surface area contributed by atoms with Crippen molar-refractivity contribution in [2.45, 2.75) is 25.8 Å². The fourth-order valence-corrected chi connectivity index (χ4v) is 1.68. The van der Waals surface area contributed by atoms with E-state index in [1.54, 1.807) is 0 Å². The summed E-state index contributed by atoms with van der Waals surface area (Å²) >= 11 is 0. The molecule has 0 aliphatic heterocycles. The van der Waals surface area contributed by atoms with E-state index in [0.29, 0.717) is 5.56 Å². The van der Waals surface area contributed by atoms with Crippen LogP contribution in [-0.2, 0) is 9.53 Å². The summed E-state index contributed by atoms with van der Waals surface area (Å²) in [5, 5.41) is 8.59. The number of carboxylic acid groups (broad SMARTS) is 1. The summed E-state index contributed by atoms with van der Waals surface area (Å²) in [7, 11) is 1.21. The van der Waals surface area contributed by atoms with Crippen molar-refractivity contribution in [3.8, 4) is 0 Å². The predicted molar refractivity (Wildman–Crippen MR) is 66.3 cm³/mol. The molecule has 0 bridgehead atoms. The zero-order valence-electron chi connectivity index (χ0n) is 10.8. The molecule has 0 heterocycles. The molecule has 1 aromatic rings. The fourth-order valence-electron chi connectivity index (χ4n) is 1.68. The minimum Gasteiger partial charge on any atom is -0.481 e. The van der Waals surface area contributed by atoms with Gasteiger partial charge in [-0.25, -0.2) is 9.18 Å². The summed E-state index contributed by atoms with van der Waals surface area (Å²) in [4.78, 5) is 22.0. The lowest BCUT2D eigenvalue weighted by molar-refractivity contribution is -0.137. The molecule has 0 aromatic heterocycles. The molecule has 19 heavy (non-hydrogen) atoms. The predicted octanol–water partition coefficient (Wildman–Crippen LogP) is 1.79. The van der Waals surface area contributed by atoms with Gasteiger partial charge < -0.3 is 15.6 Å². The van der Waals surface area contributed by atoms with Gasteiger partial charge in [-0.2, -0.15) is 0 Å². The number of carbonyl (C=O) groups excluding carboxylic acids is 1. The van der Waals surface area contributed by atoms with Crippen molar-refractivity contribution >= 4 is 11.9 Å². The zero-order chi connectivity index (χ0) is 14.6. The molecule has 5 nitrogen and oxygen atoms in total. The van der Waals surface area contributed by atoms with Crippen LogP contribution < -0.4 is 5.73 Å². The van der Waals surface area contributed by atoms with Gasteiger partial charge in [-0.1, -0.05) is 0 Å². The van der Waals surface area contributed by atoms with Crippen LogP contribution >= 0.6 is 0 Å². The van der Waals surface area contributed by atoms with Gasteiger partial charge in [-0.15, -0.1) is 0 Å². The van der Waals surface area contributed by atoms with Crippen molar-refractivity contribution < 1.29 is 23.8 Å². The molecule has 0 saturated carbocycles. The third kappa shape index (κ3) is 3.75. The average Bonchev–Trinajstić information content (AvgIpc) is 2.37. The number of esters is 1. The Bertz CT molecular complexity index is 502. The normalized spacial score (nSPS) is 12.0. The van der Waals surface area contributed by atoms with E-state index in [0.717, 1.165) is 0 Å². The average molecular weight is 269 g/mol. The van der Waals surface area contributed by atoms with Gasteiger partial charge >= 0.3 is 11.9 Å². The van der Waals surface area contributed by atoms with Crippen LogP contribution in [0.4, 0.5) is 4.39 Å². The molecule has 0 spiro atoms. The van der Waals surface area contributed by atoms with Crippen LogP contribution in [0.5, 0.6) is 0 Å². The molecule has 0 radical (unpaired) electrons. The number of carbonyl (C=O) groups is 2. The Morgan fingerprint density at radius 3 is 2.63 bits per heavy atom. The first-order valence-corrected chi connectivity index (χ1v) is 5.72. The first-order chi connectivity index (χ1) is 8.86. The Balaban J connectivity index is 3.05. The highest BCUT2D eigenvalue weighted by Crippen LogP contribution is 2.22. The maximum Gasteiger partial charge on any atom is 0.338 e. The van der Waals surface area contributed by atoms with E-state index in [-0.39, 0.29) is 24.0 Å². The van der Waals surface area contributed by atoms with E-state index in [4.69, 9.17) is 10.8 Å². The smallest absolute Gasteiger partial charge is 0.338 e. The van der Waals surface area contributed by atoms with Crippen LogP contribution in [-0.4, -0.2) is 24.2 Å². The van der Waals surface area contributed by atoms with Gasteiger partial charge in [0, 0.05) is 12.5 Å². The second-order valence-corrected chi connectivity index (χ2v) is 4.21. The number of halogens is 1. The minimum absolute atomic E-state index is 0.100. The number of rotatable bonds is 5. The van der Waals surface area contributed by atoms with Crippen molar-refractivity contribution in [2.24, 2.45) is 5.73 Å². The summed E-state index contributed by atoms with van der Waals surface area (Å²) in [6, 6.07) is 2.01. The van der Waals surface area contributed by atoms with Crippen LogP contribution in [0.2, 0.25) is 0 Å². The summed E-state index contributed by atoms with van der Waals surface area (Å²) in [5.74, 6) is -2.19. The Morgan fingerprint density at radius 1 is 1.47 bits per heavy atom. The lowest BCUT2D eigenvalue weighted by Crippen LogP contribution is -2.15. The molecular weight excluding hydrogens is 253 g/mol. The number of hydrogen-bond donors (Lipinski definition) is 2. The number of hydrogen-bond acceptors (Lipinski definition) is 4. The van der Waals surface area contributed by atoms with Gasteiger partial charge in [0.1, 0.15) is 5.82 Å². The lowest BCUT2D eigenvalue weighted by Gasteiger charge is -2.14. The van der Waals surface area contributed by atoms with Crippen molar-refractivity contribution in [2.75, 3.05) is 7.11 Å². The Labute approximate surface area is 110 Å². The van der Waals surface area contributed by atoms with Gasteiger partial charge in [0.25, 0.3) is 0 Å². The number of benzene rings is 1. The maximum atomic E-state index is 13.7. The molecule has 0 fully saturated rings. The van der Waals surface area contributed by atoms with E-state index in [1.165, 1.54) is 26.2 Å². The third-order valence-corrected chi connectivity index (χ3v) is 2.87. The minimum atomic E-state index is -0.976. The fraction of sp³-hybridized carbons (Fsp3) is 0.385. The summed E-state index contributed by atoms with van der Waals surface area (Å²) < 4.78 is 18.3. The molecule has 1 atom stereocenters. The molecule has 1 aromatic carbocycles. The van der Waals surface area contributed by atoms with E-state index >= 15 is 0 Å². The molecule has 0 aliphatic carbocycles. The number of carboxylic acids is 1. The van der Waals surface area contributed by atoms with Crippen molar-refractivity contribution in [3.63, 3.8) is 0 Å². The van der Waals surface area contributed by atoms with Gasteiger partial charge in [-0.3, -0.25) is 4.79 Å². The molecule has 1 unspecified atom stereocenters. The Morgan fingerprint density at radius 2 is 2.11 bits per heavy atom. The second-order valence-electron chi connectivity index (χ2n) is 4.21. The Kier molecular flexibility index (Phi) is 5.00. The van der Waals surface area contributed by atoms with Gasteiger partial charge in [0.05, 0.1) is 12.7 Å². The highest BCUT2D eigenvalue weighted by Gasteiger charge is 2.17. The number of methoxy groups -OCH3 is 1. The maximum absolute atomic E-state index is 13.7. The number of ether oxygens (including phenoxy) is 1. The van der Waals surface area contributed by atoms with Crippen LogP contribution in [0.3, 0.4) is 0 Å². The molecule has 0 aliphatic rings. The van der Waals surface area contributed by atoms with Crippen LogP contribution in [0.1, 0.15) is 40.4 Å². The van der Waals surface area contributed by atoms with Crippen LogP contribution in [0.15, 0.2) is 12.1 Å². The first-order valence-electron chi connectivity index (χ1n) is 5.72. The number of aliphatic carboxylic acids is 1. The van der Waals surface area contributed by atoms with Crippen molar-refractivity contribution in [1.82, 2.24) is 0 Å². The highest BCUT2D eigenvalue weighted by molar-refractivity contribution is 5.91. The SMILES string of the molecule is COC(=O)c1cc(C(N)CCC(=O)O)cc(F)c1C. The van der Waals surface area contributed by atoms with Crippen LogP contribution in [0, 0.1) is 12.7 Å². The molecule has 0 saturated heterocycles. The topological polar surface area (TPSA) is 89.6 Å².